The van der Waals surface area contributed by atoms with Crippen LogP contribution in [0.4, 0.5) is 5.69 Å². The fraction of sp³-hybridized carbons (Fsp3) is 0.286. The minimum atomic E-state index is -0.416. The van der Waals surface area contributed by atoms with Crippen molar-refractivity contribution in [1.82, 2.24) is 0 Å². The molecule has 34 heavy (non-hydrogen) atoms. The molecule has 6 heteroatoms. The van der Waals surface area contributed by atoms with E-state index in [4.69, 9.17) is 14.2 Å². The molecule has 3 aromatic rings. The van der Waals surface area contributed by atoms with Crippen molar-refractivity contribution in [1.29, 1.82) is 0 Å². The van der Waals surface area contributed by atoms with Crippen LogP contribution in [0.25, 0.3) is 0 Å². The van der Waals surface area contributed by atoms with Crippen LogP contribution >= 0.6 is 0 Å². The van der Waals surface area contributed by atoms with Gasteiger partial charge < -0.3 is 19.1 Å². The zero-order valence-corrected chi connectivity index (χ0v) is 19.9. The highest BCUT2D eigenvalue weighted by Gasteiger charge is 2.36. The predicted octanol–water partition coefficient (Wildman–Crippen LogP) is 5.34. The fourth-order valence-corrected chi connectivity index (χ4v) is 4.24. The Labute approximate surface area is 200 Å². The lowest BCUT2D eigenvalue weighted by atomic mass is 9.86. The molecule has 0 aromatic heterocycles. The van der Waals surface area contributed by atoms with Gasteiger partial charge in [0.15, 0.2) is 11.5 Å². The maximum atomic E-state index is 13.5. The van der Waals surface area contributed by atoms with Crippen LogP contribution in [0.1, 0.15) is 53.4 Å². The molecule has 0 bridgehead atoms. The number of fused-ring (bicyclic) bond motifs is 1. The van der Waals surface area contributed by atoms with Crippen molar-refractivity contribution >= 4 is 17.6 Å². The van der Waals surface area contributed by atoms with Gasteiger partial charge in [-0.3, -0.25) is 4.79 Å². The topological polar surface area (TPSA) is 65.1 Å². The van der Waals surface area contributed by atoms with E-state index in [0.29, 0.717) is 22.7 Å². The van der Waals surface area contributed by atoms with Gasteiger partial charge in [0.05, 0.1) is 38.3 Å². The number of carbonyl (C=O) groups excluding carboxylic acids is 2. The lowest BCUT2D eigenvalue weighted by molar-refractivity contribution is -0.118. The Kier molecular flexibility index (Phi) is 6.87. The van der Waals surface area contributed by atoms with Gasteiger partial charge in [0.25, 0.3) is 0 Å². The van der Waals surface area contributed by atoms with Gasteiger partial charge in [-0.15, -0.1) is 0 Å². The molecule has 4 rings (SSSR count). The van der Waals surface area contributed by atoms with Crippen LogP contribution in [-0.4, -0.2) is 32.2 Å². The summed E-state index contributed by atoms with van der Waals surface area (Å²) in [5.74, 6) is 0.826. The molecule has 2 atom stereocenters. The first kappa shape index (κ1) is 23.4. The zero-order valence-electron chi connectivity index (χ0n) is 19.9. The Morgan fingerprint density at radius 3 is 2.35 bits per heavy atom. The van der Waals surface area contributed by atoms with E-state index in [2.05, 4.69) is 6.92 Å². The van der Waals surface area contributed by atoms with Crippen molar-refractivity contribution in [3.05, 3.63) is 89.0 Å². The molecule has 0 saturated carbocycles. The molecule has 0 aliphatic carbocycles. The summed E-state index contributed by atoms with van der Waals surface area (Å²) in [6.07, 6.45) is 1.12. The first-order valence-corrected chi connectivity index (χ1v) is 11.4. The van der Waals surface area contributed by atoms with E-state index in [9.17, 15) is 9.59 Å². The second-order valence-electron chi connectivity index (χ2n) is 8.33. The molecule has 0 N–H and O–H groups in total. The Morgan fingerprint density at radius 2 is 1.74 bits per heavy atom. The molecule has 1 heterocycles. The number of carbonyl (C=O) groups is 2. The van der Waals surface area contributed by atoms with Crippen molar-refractivity contribution in [2.45, 2.75) is 38.8 Å². The first-order chi connectivity index (χ1) is 16.5. The highest BCUT2D eigenvalue weighted by Crippen LogP contribution is 2.43. The number of methoxy groups -OCH3 is 2. The minimum Gasteiger partial charge on any atom is -0.493 e. The number of nitrogens with zero attached hydrogens (tertiary/aromatic N) is 1. The van der Waals surface area contributed by atoms with Gasteiger partial charge in [-0.25, -0.2) is 4.79 Å². The van der Waals surface area contributed by atoms with Crippen LogP contribution in [-0.2, 0) is 16.0 Å². The molecular weight excluding hydrogens is 430 g/mol. The van der Waals surface area contributed by atoms with E-state index in [0.717, 1.165) is 23.1 Å². The van der Waals surface area contributed by atoms with Gasteiger partial charge in [-0.1, -0.05) is 37.3 Å². The summed E-state index contributed by atoms with van der Waals surface area (Å²) in [4.78, 5) is 27.2. The second-order valence-corrected chi connectivity index (χ2v) is 8.33. The molecule has 1 amide bonds. The monoisotopic (exact) mass is 459 g/mol. The number of rotatable bonds is 7. The van der Waals surface area contributed by atoms with Crippen molar-refractivity contribution in [2.75, 3.05) is 19.1 Å². The van der Waals surface area contributed by atoms with Crippen molar-refractivity contribution in [3.8, 4) is 11.5 Å². The maximum Gasteiger partial charge on any atom is 0.337 e. The molecule has 6 nitrogen and oxygen atoms in total. The maximum absolute atomic E-state index is 13.5. The molecule has 176 valence electrons. The molecule has 3 aromatic carbocycles. The number of anilines is 1. The van der Waals surface area contributed by atoms with E-state index in [1.54, 1.807) is 36.3 Å². The molecule has 1 aliphatic rings. The minimum absolute atomic E-state index is 0.0225. The summed E-state index contributed by atoms with van der Waals surface area (Å²) >= 11 is 0. The van der Waals surface area contributed by atoms with Crippen LogP contribution in [0.15, 0.2) is 66.7 Å². The van der Waals surface area contributed by atoms with Crippen LogP contribution in [0.3, 0.4) is 0 Å². The van der Waals surface area contributed by atoms with Crippen LogP contribution in [0, 0.1) is 0 Å². The highest BCUT2D eigenvalue weighted by molar-refractivity contribution is 5.99. The zero-order chi connectivity index (χ0) is 24.2. The molecule has 0 fully saturated rings. The molecule has 0 spiro atoms. The summed E-state index contributed by atoms with van der Waals surface area (Å²) in [5.41, 5.74) is 4.02. The lowest BCUT2D eigenvalue weighted by Crippen LogP contribution is -2.41. The summed E-state index contributed by atoms with van der Waals surface area (Å²) < 4.78 is 16.6. The van der Waals surface area contributed by atoms with E-state index in [1.165, 1.54) is 7.11 Å². The quantitative estimate of drug-likeness (QED) is 0.447. The van der Waals surface area contributed by atoms with E-state index < -0.39 is 5.97 Å². The number of esters is 1. The second kappa shape index (κ2) is 10.00. The van der Waals surface area contributed by atoms with Gasteiger partial charge in [-0.2, -0.15) is 0 Å². The summed E-state index contributed by atoms with van der Waals surface area (Å²) in [6, 6.07) is 20.4. The Bertz CT molecular complexity index is 1170. The molecule has 1 aliphatic heterocycles. The smallest absolute Gasteiger partial charge is 0.337 e. The number of amides is 1. The molecule has 0 saturated heterocycles. The van der Waals surface area contributed by atoms with Gasteiger partial charge in [-0.05, 0) is 66.4 Å². The standard InChI is InChI=1S/C28H29NO5/c1-5-18(2)34-25-17-23-21(15-24(25)32-3)16-26(30)29(27(23)19-9-7-6-8-10-19)22-13-11-20(12-14-22)28(31)33-4/h6-15,17-18,27H,5,16H2,1-4H3. The number of ether oxygens (including phenoxy) is 3. The van der Waals surface area contributed by atoms with E-state index in [-0.39, 0.29) is 24.5 Å². The largest absolute Gasteiger partial charge is 0.493 e. The van der Waals surface area contributed by atoms with Gasteiger partial charge in [0.1, 0.15) is 0 Å². The van der Waals surface area contributed by atoms with Crippen LogP contribution in [0.5, 0.6) is 11.5 Å². The third-order valence-electron chi connectivity index (χ3n) is 6.17. The fourth-order valence-electron chi connectivity index (χ4n) is 4.24. The van der Waals surface area contributed by atoms with Gasteiger partial charge in [0.2, 0.25) is 5.91 Å². The van der Waals surface area contributed by atoms with Crippen molar-refractivity contribution in [3.63, 3.8) is 0 Å². The Hall–Kier alpha value is -3.80. The van der Waals surface area contributed by atoms with Crippen molar-refractivity contribution in [2.24, 2.45) is 0 Å². The molecule has 0 radical (unpaired) electrons. The van der Waals surface area contributed by atoms with Gasteiger partial charge in [0, 0.05) is 5.69 Å². The predicted molar refractivity (Wildman–Crippen MR) is 131 cm³/mol. The normalized spacial score (nSPS) is 15.9. The van der Waals surface area contributed by atoms with Crippen LogP contribution < -0.4 is 14.4 Å². The number of hydrogen-bond donors (Lipinski definition) is 0. The third kappa shape index (κ3) is 4.49. The SMILES string of the molecule is CCC(C)Oc1cc2c(cc1OC)CC(=O)N(c1ccc(C(=O)OC)cc1)C2c1ccccc1. The Balaban J connectivity index is 1.86. The lowest BCUT2D eigenvalue weighted by Gasteiger charge is -2.38. The average molecular weight is 460 g/mol. The molecule has 2 unspecified atom stereocenters. The Morgan fingerprint density at radius 1 is 1.03 bits per heavy atom. The highest BCUT2D eigenvalue weighted by atomic mass is 16.5. The summed E-state index contributed by atoms with van der Waals surface area (Å²) in [6.45, 7) is 4.09. The summed E-state index contributed by atoms with van der Waals surface area (Å²) in [5, 5.41) is 0. The average Bonchev–Trinajstić information content (AvgIpc) is 2.87. The number of benzene rings is 3. The van der Waals surface area contributed by atoms with Crippen LogP contribution in [0.2, 0.25) is 0 Å². The summed E-state index contributed by atoms with van der Waals surface area (Å²) in [7, 11) is 2.96. The van der Waals surface area contributed by atoms with Gasteiger partial charge >= 0.3 is 5.97 Å². The van der Waals surface area contributed by atoms with E-state index >= 15 is 0 Å². The first-order valence-electron chi connectivity index (χ1n) is 11.4. The van der Waals surface area contributed by atoms with Crippen molar-refractivity contribution < 1.29 is 23.8 Å². The molecular formula is C28H29NO5. The third-order valence-corrected chi connectivity index (χ3v) is 6.17. The van der Waals surface area contributed by atoms with E-state index in [1.807, 2.05) is 49.4 Å². The number of hydrogen-bond acceptors (Lipinski definition) is 5.